The maximum Gasteiger partial charge on any atom is 0.128 e. The summed E-state index contributed by atoms with van der Waals surface area (Å²) in [6.45, 7) is 4.46. The van der Waals surface area contributed by atoms with E-state index in [4.69, 9.17) is 0 Å². The molecule has 0 fully saturated rings. The Bertz CT molecular complexity index is 539. The molecule has 0 bridgehead atoms. The molecule has 0 saturated carbocycles. The van der Waals surface area contributed by atoms with Crippen LogP contribution in [0.5, 0.6) is 0 Å². The van der Waals surface area contributed by atoms with Gasteiger partial charge in [-0.2, -0.15) is 0 Å². The van der Waals surface area contributed by atoms with Crippen molar-refractivity contribution in [1.29, 1.82) is 0 Å². The number of nitrogens with zero attached hydrogens (tertiary/aromatic N) is 2. The summed E-state index contributed by atoms with van der Waals surface area (Å²) in [5, 5.41) is 3.26. The van der Waals surface area contributed by atoms with E-state index in [1.807, 2.05) is 10.8 Å². The number of halogens is 2. The summed E-state index contributed by atoms with van der Waals surface area (Å²) in [5.41, 5.74) is 1.68. The van der Waals surface area contributed by atoms with E-state index in [1.54, 1.807) is 18.5 Å². The molecular formula is C14H17BrFN3. The maximum atomic E-state index is 13.6. The topological polar surface area (TPSA) is 29.9 Å². The molecule has 5 heteroatoms. The average molecular weight is 326 g/mol. The van der Waals surface area contributed by atoms with E-state index < -0.39 is 0 Å². The Kier molecular flexibility index (Phi) is 5.10. The molecule has 102 valence electrons. The number of hydrogen-bond acceptors (Lipinski definition) is 2. The number of benzene rings is 1. The summed E-state index contributed by atoms with van der Waals surface area (Å²) < 4.78 is 16.4. The predicted octanol–water partition coefficient (Wildman–Crippen LogP) is 2.99. The van der Waals surface area contributed by atoms with Crippen LogP contribution >= 0.6 is 15.9 Å². The molecule has 0 aliphatic rings. The zero-order valence-electron chi connectivity index (χ0n) is 10.9. The molecule has 0 aliphatic heterocycles. The Morgan fingerprint density at radius 1 is 1.42 bits per heavy atom. The second kappa shape index (κ2) is 6.82. The fraction of sp³-hybridized carbons (Fsp3) is 0.357. The minimum Gasteiger partial charge on any atom is -0.333 e. The van der Waals surface area contributed by atoms with E-state index >= 15 is 0 Å². The first-order chi connectivity index (χ1) is 9.19. The van der Waals surface area contributed by atoms with Gasteiger partial charge in [0.25, 0.3) is 0 Å². The van der Waals surface area contributed by atoms with Crippen molar-refractivity contribution < 1.29 is 4.39 Å². The van der Waals surface area contributed by atoms with Gasteiger partial charge in [0.05, 0.1) is 18.6 Å². The molecular weight excluding hydrogens is 309 g/mol. The normalized spacial score (nSPS) is 10.9. The van der Waals surface area contributed by atoms with Crippen LogP contribution in [0.15, 0.2) is 35.2 Å². The van der Waals surface area contributed by atoms with Gasteiger partial charge in [0.15, 0.2) is 0 Å². The minimum absolute atomic E-state index is 0.189. The summed E-state index contributed by atoms with van der Waals surface area (Å²) in [4.78, 5) is 4.33. The largest absolute Gasteiger partial charge is 0.333 e. The van der Waals surface area contributed by atoms with Gasteiger partial charge in [0.1, 0.15) is 5.82 Å². The van der Waals surface area contributed by atoms with Crippen molar-refractivity contribution in [3.8, 4) is 0 Å². The molecule has 1 aromatic carbocycles. The first-order valence-electron chi connectivity index (χ1n) is 6.34. The Labute approximate surface area is 121 Å². The molecule has 0 spiro atoms. The summed E-state index contributed by atoms with van der Waals surface area (Å²) in [5.74, 6) is -0.189. The smallest absolute Gasteiger partial charge is 0.128 e. The predicted molar refractivity (Wildman–Crippen MR) is 77.7 cm³/mol. The highest BCUT2D eigenvalue weighted by Gasteiger charge is 2.05. The summed E-state index contributed by atoms with van der Waals surface area (Å²) in [7, 11) is 0. The molecule has 2 aromatic rings. The van der Waals surface area contributed by atoms with Crippen molar-refractivity contribution in [2.45, 2.75) is 19.9 Å². The van der Waals surface area contributed by atoms with Crippen LogP contribution in [0.2, 0.25) is 0 Å². The van der Waals surface area contributed by atoms with Gasteiger partial charge in [-0.05, 0) is 24.7 Å². The Morgan fingerprint density at radius 2 is 2.26 bits per heavy atom. The van der Waals surface area contributed by atoms with E-state index in [2.05, 4.69) is 33.2 Å². The maximum absolute atomic E-state index is 13.6. The highest BCUT2D eigenvalue weighted by Crippen LogP contribution is 2.16. The van der Waals surface area contributed by atoms with Crippen LogP contribution in [0.3, 0.4) is 0 Å². The molecule has 19 heavy (non-hydrogen) atoms. The van der Waals surface area contributed by atoms with Gasteiger partial charge >= 0.3 is 0 Å². The van der Waals surface area contributed by atoms with E-state index in [1.165, 1.54) is 6.07 Å². The second-order valence-electron chi connectivity index (χ2n) is 4.38. The molecule has 1 heterocycles. The highest BCUT2D eigenvalue weighted by molar-refractivity contribution is 9.10. The molecule has 1 N–H and O–H groups in total. The van der Waals surface area contributed by atoms with Gasteiger partial charge < -0.3 is 9.88 Å². The summed E-state index contributed by atoms with van der Waals surface area (Å²) in [6.07, 6.45) is 4.61. The lowest BCUT2D eigenvalue weighted by molar-refractivity contribution is 0.599. The number of aromatic nitrogens is 2. The Hall–Kier alpha value is -1.20. The van der Waals surface area contributed by atoms with Crippen molar-refractivity contribution in [3.63, 3.8) is 0 Å². The third-order valence-corrected chi connectivity index (χ3v) is 3.35. The molecule has 0 radical (unpaired) electrons. The number of nitrogens with one attached hydrogen (secondary N) is 1. The lowest BCUT2D eigenvalue weighted by atomic mass is 10.2. The van der Waals surface area contributed by atoms with Crippen molar-refractivity contribution in [2.75, 3.05) is 13.1 Å². The molecule has 0 atom stereocenters. The van der Waals surface area contributed by atoms with Crippen LogP contribution in [-0.2, 0) is 13.0 Å². The number of hydrogen-bond donors (Lipinski definition) is 1. The molecule has 2 rings (SSSR count). The van der Waals surface area contributed by atoms with Crippen LogP contribution in [0, 0.1) is 5.82 Å². The van der Waals surface area contributed by atoms with Crippen molar-refractivity contribution in [2.24, 2.45) is 0 Å². The average Bonchev–Trinajstić information content (AvgIpc) is 2.82. The van der Waals surface area contributed by atoms with E-state index in [-0.39, 0.29) is 5.82 Å². The number of rotatable bonds is 6. The molecule has 0 unspecified atom stereocenters. The SMILES string of the molecule is CCNCCc1cn(Cc2cc(Br)ccc2F)cn1. The van der Waals surface area contributed by atoms with Gasteiger partial charge in [0.2, 0.25) is 0 Å². The van der Waals surface area contributed by atoms with Crippen LogP contribution in [-0.4, -0.2) is 22.6 Å². The lowest BCUT2D eigenvalue weighted by Crippen LogP contribution is -2.16. The first-order valence-corrected chi connectivity index (χ1v) is 7.13. The van der Waals surface area contributed by atoms with Crippen LogP contribution in [0.1, 0.15) is 18.2 Å². The molecule has 3 nitrogen and oxygen atoms in total. The van der Waals surface area contributed by atoms with Crippen LogP contribution in [0.25, 0.3) is 0 Å². The van der Waals surface area contributed by atoms with Crippen molar-refractivity contribution in [3.05, 3.63) is 52.3 Å². The number of likely N-dealkylation sites (N-methyl/N-ethyl adjacent to an activating group) is 1. The second-order valence-corrected chi connectivity index (χ2v) is 5.29. The van der Waals surface area contributed by atoms with Crippen molar-refractivity contribution in [1.82, 2.24) is 14.9 Å². The first kappa shape index (κ1) is 14.2. The zero-order chi connectivity index (χ0) is 13.7. The fourth-order valence-electron chi connectivity index (χ4n) is 1.88. The Morgan fingerprint density at radius 3 is 3.05 bits per heavy atom. The third-order valence-electron chi connectivity index (χ3n) is 2.86. The molecule has 0 amide bonds. The monoisotopic (exact) mass is 325 g/mol. The quantitative estimate of drug-likeness (QED) is 0.827. The zero-order valence-corrected chi connectivity index (χ0v) is 12.5. The van der Waals surface area contributed by atoms with Gasteiger partial charge in [0, 0.05) is 29.2 Å². The standard InChI is InChI=1S/C14H17BrFN3/c1-2-17-6-5-13-9-19(10-18-13)8-11-7-12(15)3-4-14(11)16/h3-4,7,9-10,17H,2,5-6,8H2,1H3. The van der Waals surface area contributed by atoms with Crippen LogP contribution in [0.4, 0.5) is 4.39 Å². The molecule has 1 aromatic heterocycles. The van der Waals surface area contributed by atoms with Crippen molar-refractivity contribution >= 4 is 15.9 Å². The summed E-state index contributed by atoms with van der Waals surface area (Å²) >= 11 is 3.36. The van der Waals surface area contributed by atoms with Gasteiger partial charge in [-0.3, -0.25) is 0 Å². The van der Waals surface area contributed by atoms with E-state index in [9.17, 15) is 4.39 Å². The van der Waals surface area contributed by atoms with E-state index in [0.29, 0.717) is 12.1 Å². The molecule has 0 aliphatic carbocycles. The highest BCUT2D eigenvalue weighted by atomic mass is 79.9. The minimum atomic E-state index is -0.189. The lowest BCUT2D eigenvalue weighted by Gasteiger charge is -2.04. The van der Waals surface area contributed by atoms with E-state index in [0.717, 1.165) is 29.7 Å². The number of imidazole rings is 1. The summed E-state index contributed by atoms with van der Waals surface area (Å²) in [6, 6.07) is 4.98. The fourth-order valence-corrected chi connectivity index (χ4v) is 2.28. The van der Waals surface area contributed by atoms with Crippen LogP contribution < -0.4 is 5.32 Å². The Balaban J connectivity index is 2.01. The van der Waals surface area contributed by atoms with Gasteiger partial charge in [-0.15, -0.1) is 0 Å². The van der Waals surface area contributed by atoms with Gasteiger partial charge in [-0.25, -0.2) is 9.37 Å². The molecule has 0 saturated heterocycles. The third kappa shape index (κ3) is 4.14. The van der Waals surface area contributed by atoms with Gasteiger partial charge in [-0.1, -0.05) is 22.9 Å².